The van der Waals surface area contributed by atoms with Crippen LogP contribution in [0.25, 0.3) is 0 Å². The molecule has 3 aromatic carbocycles. The van der Waals surface area contributed by atoms with Crippen LogP contribution in [0.2, 0.25) is 0 Å². The van der Waals surface area contributed by atoms with E-state index in [9.17, 15) is 9.59 Å². The van der Waals surface area contributed by atoms with Crippen molar-refractivity contribution in [2.24, 2.45) is 0 Å². The Labute approximate surface area is 169 Å². The summed E-state index contributed by atoms with van der Waals surface area (Å²) in [5.74, 6) is -0.0379. The highest BCUT2D eigenvalue weighted by molar-refractivity contribution is 6.02. The van der Waals surface area contributed by atoms with E-state index in [0.29, 0.717) is 28.3 Å². The number of ketones is 1. The van der Waals surface area contributed by atoms with E-state index in [1.807, 2.05) is 36.4 Å². The first-order chi connectivity index (χ1) is 14.1. The summed E-state index contributed by atoms with van der Waals surface area (Å²) >= 11 is 0. The van der Waals surface area contributed by atoms with Gasteiger partial charge in [0.05, 0.1) is 31.0 Å². The first kappa shape index (κ1) is 19.9. The minimum atomic E-state index is -0.593. The van der Waals surface area contributed by atoms with Gasteiger partial charge >= 0.3 is 5.97 Å². The lowest BCUT2D eigenvalue weighted by atomic mass is 10.1. The molecule has 0 saturated heterocycles. The van der Waals surface area contributed by atoms with Crippen LogP contribution in [-0.2, 0) is 4.74 Å². The molecular weight excluding hydrogens is 370 g/mol. The van der Waals surface area contributed by atoms with Crippen LogP contribution in [0.3, 0.4) is 0 Å². The Morgan fingerprint density at radius 3 is 2.28 bits per heavy atom. The fourth-order valence-corrected chi connectivity index (χ4v) is 2.76. The van der Waals surface area contributed by atoms with E-state index in [2.05, 4.69) is 5.32 Å². The van der Waals surface area contributed by atoms with Crippen LogP contribution < -0.4 is 14.8 Å². The standard InChI is InChI=1S/C23H21NO5/c1-27-17-12-13-19(22(14-17)28-2)21(25)15-29-23(26)18-10-6-7-11-20(18)24-16-8-4-3-5-9-16/h3-14,24H,15H2,1-2H3. The Morgan fingerprint density at radius 1 is 0.828 bits per heavy atom. The van der Waals surface area contributed by atoms with Crippen LogP contribution in [0.5, 0.6) is 11.5 Å². The molecular formula is C23H21NO5. The average molecular weight is 391 g/mol. The number of nitrogens with one attached hydrogen (secondary N) is 1. The van der Waals surface area contributed by atoms with Crippen LogP contribution in [0.15, 0.2) is 72.8 Å². The molecule has 3 rings (SSSR count). The fourth-order valence-electron chi connectivity index (χ4n) is 2.76. The summed E-state index contributed by atoms with van der Waals surface area (Å²) < 4.78 is 15.6. The normalized spacial score (nSPS) is 10.1. The summed E-state index contributed by atoms with van der Waals surface area (Å²) in [6.45, 7) is -0.402. The van der Waals surface area contributed by atoms with Crippen LogP contribution in [-0.4, -0.2) is 32.6 Å². The molecule has 0 fully saturated rings. The third-order valence-corrected chi connectivity index (χ3v) is 4.24. The second-order valence-electron chi connectivity index (χ2n) is 6.10. The van der Waals surface area contributed by atoms with Crippen LogP contribution in [0.1, 0.15) is 20.7 Å². The van der Waals surface area contributed by atoms with Crippen molar-refractivity contribution in [2.45, 2.75) is 0 Å². The molecule has 0 spiro atoms. The SMILES string of the molecule is COc1ccc(C(=O)COC(=O)c2ccccc2Nc2ccccc2)c(OC)c1. The van der Waals surface area contributed by atoms with Gasteiger partial charge in [-0.1, -0.05) is 30.3 Å². The topological polar surface area (TPSA) is 73.9 Å². The number of carbonyl (C=O) groups excluding carboxylic acids is 2. The molecule has 0 bridgehead atoms. The monoisotopic (exact) mass is 391 g/mol. The first-order valence-electron chi connectivity index (χ1n) is 8.96. The number of Topliss-reactive ketones (excluding diaryl/α,β-unsaturated/α-hetero) is 1. The molecule has 0 aliphatic rings. The summed E-state index contributed by atoms with van der Waals surface area (Å²) in [5.41, 5.74) is 2.09. The molecule has 148 valence electrons. The van der Waals surface area contributed by atoms with E-state index in [-0.39, 0.29) is 5.78 Å². The van der Waals surface area contributed by atoms with Crippen molar-refractivity contribution in [3.8, 4) is 11.5 Å². The average Bonchev–Trinajstić information content (AvgIpc) is 2.77. The molecule has 0 radical (unpaired) electrons. The zero-order chi connectivity index (χ0) is 20.6. The molecule has 3 aromatic rings. The third-order valence-electron chi connectivity index (χ3n) is 4.24. The Morgan fingerprint density at radius 2 is 1.55 bits per heavy atom. The van der Waals surface area contributed by atoms with Gasteiger partial charge < -0.3 is 19.5 Å². The quantitative estimate of drug-likeness (QED) is 0.451. The third kappa shape index (κ3) is 4.93. The minimum absolute atomic E-state index is 0.316. The number of hydrogen-bond donors (Lipinski definition) is 1. The Balaban J connectivity index is 1.71. The van der Waals surface area contributed by atoms with Crippen molar-refractivity contribution in [2.75, 3.05) is 26.1 Å². The highest BCUT2D eigenvalue weighted by Gasteiger charge is 2.18. The van der Waals surface area contributed by atoms with Gasteiger partial charge in [-0.25, -0.2) is 4.79 Å². The van der Waals surface area contributed by atoms with Crippen molar-refractivity contribution in [1.29, 1.82) is 0 Å². The van der Waals surface area contributed by atoms with Crippen LogP contribution in [0.4, 0.5) is 11.4 Å². The second kappa shape index (κ2) is 9.41. The maximum atomic E-state index is 12.6. The fraction of sp³-hybridized carbons (Fsp3) is 0.130. The van der Waals surface area contributed by atoms with Gasteiger partial charge in [-0.3, -0.25) is 4.79 Å². The molecule has 0 aromatic heterocycles. The van der Waals surface area contributed by atoms with Crippen molar-refractivity contribution in [3.63, 3.8) is 0 Å². The van der Waals surface area contributed by atoms with Gasteiger partial charge in [-0.15, -0.1) is 0 Å². The van der Waals surface area contributed by atoms with Gasteiger partial charge in [-0.2, -0.15) is 0 Å². The highest BCUT2D eigenvalue weighted by atomic mass is 16.5. The molecule has 0 aliphatic heterocycles. The summed E-state index contributed by atoms with van der Waals surface area (Å²) in [5, 5.41) is 3.18. The van der Waals surface area contributed by atoms with Crippen molar-refractivity contribution in [1.82, 2.24) is 0 Å². The molecule has 6 heteroatoms. The summed E-state index contributed by atoms with van der Waals surface area (Å²) in [6, 6.07) is 21.3. The zero-order valence-electron chi connectivity index (χ0n) is 16.2. The number of methoxy groups -OCH3 is 2. The number of ether oxygens (including phenoxy) is 3. The van der Waals surface area contributed by atoms with Crippen LogP contribution >= 0.6 is 0 Å². The van der Waals surface area contributed by atoms with Gasteiger partial charge in [0.15, 0.2) is 6.61 Å². The zero-order valence-corrected chi connectivity index (χ0v) is 16.2. The smallest absolute Gasteiger partial charge is 0.340 e. The lowest BCUT2D eigenvalue weighted by Crippen LogP contribution is -2.16. The number of hydrogen-bond acceptors (Lipinski definition) is 6. The Kier molecular flexibility index (Phi) is 6.47. The number of anilines is 2. The molecule has 0 amide bonds. The molecule has 0 saturated carbocycles. The number of carbonyl (C=O) groups is 2. The summed E-state index contributed by atoms with van der Waals surface area (Å²) in [4.78, 5) is 25.1. The van der Waals surface area contributed by atoms with Gasteiger partial charge in [-0.05, 0) is 36.4 Å². The summed E-state index contributed by atoms with van der Waals surface area (Å²) in [6.07, 6.45) is 0. The van der Waals surface area contributed by atoms with E-state index >= 15 is 0 Å². The predicted molar refractivity (Wildman–Crippen MR) is 110 cm³/mol. The number of benzene rings is 3. The minimum Gasteiger partial charge on any atom is -0.497 e. The first-order valence-corrected chi connectivity index (χ1v) is 8.96. The van der Waals surface area contributed by atoms with E-state index in [1.165, 1.54) is 14.2 Å². The van der Waals surface area contributed by atoms with Crippen molar-refractivity contribution < 1.29 is 23.8 Å². The molecule has 0 atom stereocenters. The predicted octanol–water partition coefficient (Wildman–Crippen LogP) is 4.49. The van der Waals surface area contributed by atoms with E-state index in [1.54, 1.807) is 36.4 Å². The van der Waals surface area contributed by atoms with Gasteiger partial charge in [0.1, 0.15) is 11.5 Å². The molecule has 29 heavy (non-hydrogen) atoms. The molecule has 0 heterocycles. The summed E-state index contributed by atoms with van der Waals surface area (Å²) in [7, 11) is 2.99. The van der Waals surface area contributed by atoms with Gasteiger partial charge in [0, 0.05) is 11.8 Å². The Hall–Kier alpha value is -3.80. The largest absolute Gasteiger partial charge is 0.497 e. The lowest BCUT2D eigenvalue weighted by Gasteiger charge is -2.12. The second-order valence-corrected chi connectivity index (χ2v) is 6.10. The van der Waals surface area contributed by atoms with E-state index in [4.69, 9.17) is 14.2 Å². The highest BCUT2D eigenvalue weighted by Crippen LogP contribution is 2.25. The molecule has 1 N–H and O–H groups in total. The van der Waals surface area contributed by atoms with Gasteiger partial charge in [0.25, 0.3) is 0 Å². The lowest BCUT2D eigenvalue weighted by molar-refractivity contribution is 0.0475. The molecule has 6 nitrogen and oxygen atoms in total. The maximum absolute atomic E-state index is 12.6. The van der Waals surface area contributed by atoms with Crippen LogP contribution in [0, 0.1) is 0 Å². The number of rotatable bonds is 8. The maximum Gasteiger partial charge on any atom is 0.340 e. The van der Waals surface area contributed by atoms with Gasteiger partial charge in [0.2, 0.25) is 5.78 Å². The molecule has 0 aliphatic carbocycles. The number of para-hydroxylation sites is 2. The van der Waals surface area contributed by atoms with Crippen molar-refractivity contribution >= 4 is 23.1 Å². The molecule has 0 unspecified atom stereocenters. The van der Waals surface area contributed by atoms with Crippen molar-refractivity contribution in [3.05, 3.63) is 83.9 Å². The van der Waals surface area contributed by atoms with E-state index in [0.717, 1.165) is 5.69 Å². The Bertz CT molecular complexity index is 1000. The number of esters is 1. The van der Waals surface area contributed by atoms with E-state index < -0.39 is 12.6 Å².